The number of hydrogen-bond acceptors (Lipinski definition) is 6. The third kappa shape index (κ3) is 3.57. The molecule has 1 amide bonds. The van der Waals surface area contributed by atoms with E-state index in [1.807, 2.05) is 0 Å². The molecule has 7 nitrogen and oxygen atoms in total. The lowest BCUT2D eigenvalue weighted by Crippen LogP contribution is -2.37. The Labute approximate surface area is 111 Å². The molecule has 0 aromatic carbocycles. The number of amides is 1. The first-order valence-electron chi connectivity index (χ1n) is 5.66. The van der Waals surface area contributed by atoms with Crippen molar-refractivity contribution in [2.24, 2.45) is 11.1 Å². The molecule has 1 rings (SSSR count). The van der Waals surface area contributed by atoms with Crippen LogP contribution in [0.15, 0.2) is 12.1 Å². The lowest BCUT2D eigenvalue weighted by atomic mass is 9.93. The van der Waals surface area contributed by atoms with Crippen molar-refractivity contribution < 1.29 is 14.3 Å². The third-order valence-corrected chi connectivity index (χ3v) is 2.69. The smallest absolute Gasteiger partial charge is 0.356 e. The van der Waals surface area contributed by atoms with E-state index in [0.717, 1.165) is 0 Å². The molecule has 1 heterocycles. The number of carbonyl (C=O) groups excluding carboxylic acids is 2. The number of methoxy groups -OCH3 is 1. The largest absolute Gasteiger partial charge is 0.464 e. The Bertz CT molecular complexity index is 500. The molecule has 0 bridgehead atoms. The predicted octanol–water partition coefficient (Wildman–Crippen LogP) is 0.374. The fourth-order valence-corrected chi connectivity index (χ4v) is 1.22. The molecule has 0 aliphatic rings. The van der Waals surface area contributed by atoms with Gasteiger partial charge in [-0.25, -0.2) is 9.78 Å². The Morgan fingerprint density at radius 3 is 2.58 bits per heavy atom. The van der Waals surface area contributed by atoms with Gasteiger partial charge in [0.25, 0.3) is 0 Å². The minimum Gasteiger partial charge on any atom is -0.464 e. The fraction of sp³-hybridized carbons (Fsp3) is 0.417. The molecule has 1 aromatic heterocycles. The Morgan fingerprint density at radius 1 is 1.42 bits per heavy atom. The summed E-state index contributed by atoms with van der Waals surface area (Å²) in [6.45, 7) is 3.65. The van der Waals surface area contributed by atoms with Gasteiger partial charge in [0.1, 0.15) is 5.82 Å². The number of nitrogen functional groups attached to an aromatic ring is 1. The molecule has 0 unspecified atom stereocenters. The van der Waals surface area contributed by atoms with Gasteiger partial charge < -0.3 is 21.5 Å². The monoisotopic (exact) mass is 266 g/mol. The molecule has 0 spiro atoms. The van der Waals surface area contributed by atoms with E-state index in [-0.39, 0.29) is 12.2 Å². The lowest BCUT2D eigenvalue weighted by Gasteiger charge is -2.21. The first-order valence-corrected chi connectivity index (χ1v) is 5.66. The molecule has 0 aliphatic heterocycles. The highest BCUT2D eigenvalue weighted by Gasteiger charge is 2.25. The molecule has 19 heavy (non-hydrogen) atoms. The van der Waals surface area contributed by atoms with E-state index in [1.165, 1.54) is 13.2 Å². The van der Waals surface area contributed by atoms with E-state index in [9.17, 15) is 9.59 Å². The zero-order valence-electron chi connectivity index (χ0n) is 11.2. The van der Waals surface area contributed by atoms with Gasteiger partial charge in [-0.3, -0.25) is 4.79 Å². The van der Waals surface area contributed by atoms with Crippen molar-refractivity contribution in [2.45, 2.75) is 13.8 Å². The Morgan fingerprint density at radius 2 is 2.05 bits per heavy atom. The molecule has 7 heteroatoms. The van der Waals surface area contributed by atoms with E-state index in [1.54, 1.807) is 19.9 Å². The van der Waals surface area contributed by atoms with E-state index < -0.39 is 17.3 Å². The van der Waals surface area contributed by atoms with E-state index >= 15 is 0 Å². The van der Waals surface area contributed by atoms with Crippen LogP contribution in [0.25, 0.3) is 0 Å². The van der Waals surface area contributed by atoms with Crippen LogP contribution in [-0.4, -0.2) is 30.5 Å². The summed E-state index contributed by atoms with van der Waals surface area (Å²) in [5, 5.41) is 2.91. The molecule has 0 aliphatic carbocycles. The summed E-state index contributed by atoms with van der Waals surface area (Å²) >= 11 is 0. The van der Waals surface area contributed by atoms with Crippen molar-refractivity contribution in [2.75, 3.05) is 24.7 Å². The standard InChI is InChI=1S/C12H18N4O3/c1-12(2,11(14)18)6-15-9-7(13)4-5-8(16-9)10(17)19-3/h4-5H,6,13H2,1-3H3,(H2,14,18)(H,15,16). The van der Waals surface area contributed by atoms with Gasteiger partial charge in [0.2, 0.25) is 5.91 Å². The maximum atomic E-state index is 11.4. The van der Waals surface area contributed by atoms with E-state index in [4.69, 9.17) is 11.5 Å². The van der Waals surface area contributed by atoms with E-state index in [0.29, 0.717) is 11.5 Å². The molecule has 0 radical (unpaired) electrons. The predicted molar refractivity (Wildman–Crippen MR) is 71.5 cm³/mol. The van der Waals surface area contributed by atoms with Crippen molar-refractivity contribution >= 4 is 23.4 Å². The molecule has 0 saturated carbocycles. The van der Waals surface area contributed by atoms with Crippen LogP contribution in [0.5, 0.6) is 0 Å². The number of carbonyl (C=O) groups is 2. The summed E-state index contributed by atoms with van der Waals surface area (Å²) < 4.78 is 4.57. The van der Waals surface area contributed by atoms with Gasteiger partial charge in [-0.15, -0.1) is 0 Å². The summed E-state index contributed by atoms with van der Waals surface area (Å²) in [5.74, 6) is -0.683. The lowest BCUT2D eigenvalue weighted by molar-refractivity contribution is -0.125. The van der Waals surface area contributed by atoms with Crippen LogP contribution in [0.4, 0.5) is 11.5 Å². The van der Waals surface area contributed by atoms with Crippen molar-refractivity contribution in [3.63, 3.8) is 0 Å². The van der Waals surface area contributed by atoms with Crippen LogP contribution in [0, 0.1) is 5.41 Å². The van der Waals surface area contributed by atoms with E-state index in [2.05, 4.69) is 15.0 Å². The van der Waals surface area contributed by atoms with Crippen molar-refractivity contribution in [1.82, 2.24) is 4.98 Å². The molecule has 104 valence electrons. The molecule has 5 N–H and O–H groups in total. The van der Waals surface area contributed by atoms with Gasteiger partial charge in [0.15, 0.2) is 5.69 Å². The number of hydrogen-bond donors (Lipinski definition) is 3. The Hall–Kier alpha value is -2.31. The second-order valence-electron chi connectivity index (χ2n) is 4.73. The Kier molecular flexibility index (Phi) is 4.31. The zero-order valence-corrected chi connectivity index (χ0v) is 11.2. The Balaban J connectivity index is 2.89. The number of nitrogens with zero attached hydrogens (tertiary/aromatic N) is 1. The summed E-state index contributed by atoms with van der Waals surface area (Å²) in [5.41, 5.74) is 10.8. The topological polar surface area (TPSA) is 120 Å². The number of esters is 1. The van der Waals surface area contributed by atoms with Gasteiger partial charge in [-0.2, -0.15) is 0 Å². The van der Waals surface area contributed by atoms with Crippen LogP contribution in [0.3, 0.4) is 0 Å². The highest BCUT2D eigenvalue weighted by molar-refractivity contribution is 5.88. The molecule has 1 aromatic rings. The summed E-state index contributed by atoms with van der Waals surface area (Å²) in [4.78, 5) is 26.6. The second kappa shape index (κ2) is 5.55. The van der Waals surface area contributed by atoms with Gasteiger partial charge in [0.05, 0.1) is 18.2 Å². The normalized spacial score (nSPS) is 10.9. The maximum Gasteiger partial charge on any atom is 0.356 e. The molecule has 0 fully saturated rings. The maximum absolute atomic E-state index is 11.4. The second-order valence-corrected chi connectivity index (χ2v) is 4.73. The number of anilines is 2. The van der Waals surface area contributed by atoms with Crippen LogP contribution >= 0.6 is 0 Å². The van der Waals surface area contributed by atoms with Crippen LogP contribution in [-0.2, 0) is 9.53 Å². The first-order chi connectivity index (χ1) is 8.77. The van der Waals surface area contributed by atoms with Gasteiger partial charge in [-0.05, 0) is 26.0 Å². The van der Waals surface area contributed by atoms with Gasteiger partial charge in [-0.1, -0.05) is 0 Å². The highest BCUT2D eigenvalue weighted by atomic mass is 16.5. The first kappa shape index (κ1) is 14.7. The number of rotatable bonds is 5. The zero-order chi connectivity index (χ0) is 14.6. The van der Waals surface area contributed by atoms with Gasteiger partial charge >= 0.3 is 5.97 Å². The minimum atomic E-state index is -0.755. The fourth-order valence-electron chi connectivity index (χ4n) is 1.22. The number of nitrogens with one attached hydrogen (secondary N) is 1. The SMILES string of the molecule is COC(=O)c1ccc(N)c(NCC(C)(C)C(N)=O)n1. The molecular formula is C12H18N4O3. The molecular weight excluding hydrogens is 248 g/mol. The van der Waals surface area contributed by atoms with Crippen LogP contribution in [0.2, 0.25) is 0 Å². The average molecular weight is 266 g/mol. The molecule has 0 saturated heterocycles. The minimum absolute atomic E-state index is 0.135. The van der Waals surface area contributed by atoms with Gasteiger partial charge in [0, 0.05) is 6.54 Å². The summed E-state index contributed by atoms with van der Waals surface area (Å²) in [6.07, 6.45) is 0. The number of primary amides is 1. The number of aromatic nitrogens is 1. The van der Waals surface area contributed by atoms with Crippen molar-refractivity contribution in [1.29, 1.82) is 0 Å². The van der Waals surface area contributed by atoms with Crippen molar-refractivity contribution in [3.8, 4) is 0 Å². The number of pyridine rings is 1. The quantitative estimate of drug-likeness (QED) is 0.662. The van der Waals surface area contributed by atoms with Crippen LogP contribution < -0.4 is 16.8 Å². The number of nitrogens with two attached hydrogens (primary N) is 2. The summed E-state index contributed by atoms with van der Waals surface area (Å²) in [7, 11) is 1.27. The highest BCUT2D eigenvalue weighted by Crippen LogP contribution is 2.20. The number of ether oxygens (including phenoxy) is 1. The summed E-state index contributed by atoms with van der Waals surface area (Å²) in [6, 6.07) is 3.00. The third-order valence-electron chi connectivity index (χ3n) is 2.69. The average Bonchev–Trinajstić information content (AvgIpc) is 2.36. The van der Waals surface area contributed by atoms with Crippen LogP contribution in [0.1, 0.15) is 24.3 Å². The van der Waals surface area contributed by atoms with Crippen molar-refractivity contribution in [3.05, 3.63) is 17.8 Å². The molecule has 0 atom stereocenters.